The molecule has 0 saturated carbocycles. The first kappa shape index (κ1) is 17.8. The number of rotatable bonds is 4. The van der Waals surface area contributed by atoms with Crippen molar-refractivity contribution in [1.82, 2.24) is 4.98 Å². The second-order valence-electron chi connectivity index (χ2n) is 8.18. The van der Waals surface area contributed by atoms with E-state index in [-0.39, 0.29) is 0 Å². The summed E-state index contributed by atoms with van der Waals surface area (Å²) in [5, 5.41) is 4.89. The van der Waals surface area contributed by atoms with Crippen molar-refractivity contribution in [1.29, 1.82) is 0 Å². The molecule has 2 aromatic heterocycles. The Morgan fingerprint density at radius 3 is 2.47 bits per heavy atom. The molecule has 1 aliphatic heterocycles. The molecule has 5 aromatic rings. The number of nitrogens with zero attached hydrogens (tertiary/aromatic N) is 1. The van der Waals surface area contributed by atoms with Gasteiger partial charge in [0.15, 0.2) is 0 Å². The van der Waals surface area contributed by atoms with Gasteiger partial charge in [0.05, 0.1) is 11.2 Å². The Morgan fingerprint density at radius 2 is 1.67 bits per heavy atom. The van der Waals surface area contributed by atoms with Crippen LogP contribution < -0.4 is 4.90 Å². The zero-order valence-electron chi connectivity index (χ0n) is 16.9. The Hall–Kier alpha value is -3.04. The van der Waals surface area contributed by atoms with Crippen molar-refractivity contribution in [3.8, 4) is 10.4 Å². The maximum atomic E-state index is 3.78. The first-order valence-electron chi connectivity index (χ1n) is 10.8. The van der Waals surface area contributed by atoms with Crippen molar-refractivity contribution >= 4 is 38.8 Å². The van der Waals surface area contributed by atoms with Gasteiger partial charge >= 0.3 is 0 Å². The Bertz CT molecular complexity index is 1310. The van der Waals surface area contributed by atoms with Gasteiger partial charge in [-0.15, -0.1) is 11.3 Å². The maximum Gasteiger partial charge on any atom is 0.0709 e. The van der Waals surface area contributed by atoms with Crippen LogP contribution in [0.4, 0.5) is 5.69 Å². The van der Waals surface area contributed by atoms with E-state index in [1.54, 1.807) is 0 Å². The molecule has 0 radical (unpaired) electrons. The van der Waals surface area contributed by atoms with Gasteiger partial charge in [-0.2, -0.15) is 0 Å². The van der Waals surface area contributed by atoms with Crippen molar-refractivity contribution in [2.45, 2.75) is 19.3 Å². The van der Waals surface area contributed by atoms with Gasteiger partial charge in [0, 0.05) is 39.8 Å². The van der Waals surface area contributed by atoms with E-state index in [1.165, 1.54) is 61.9 Å². The van der Waals surface area contributed by atoms with Gasteiger partial charge in [0.1, 0.15) is 0 Å². The van der Waals surface area contributed by atoms with E-state index in [2.05, 4.69) is 88.1 Å². The number of H-pyrrole nitrogens is 1. The third-order valence-corrected chi connectivity index (χ3v) is 7.18. The van der Waals surface area contributed by atoms with Gasteiger partial charge in [-0.1, -0.05) is 54.6 Å². The zero-order chi connectivity index (χ0) is 19.9. The quantitative estimate of drug-likeness (QED) is 0.332. The van der Waals surface area contributed by atoms with Crippen LogP contribution in [0.3, 0.4) is 0 Å². The molecule has 0 spiro atoms. The highest BCUT2D eigenvalue weighted by Gasteiger charge is 2.23. The first-order valence-corrected chi connectivity index (χ1v) is 11.7. The topological polar surface area (TPSA) is 19.0 Å². The smallest absolute Gasteiger partial charge is 0.0709 e. The number of aromatic nitrogens is 1. The molecule has 3 heterocycles. The molecule has 6 rings (SSSR count). The fraction of sp³-hybridized carbons (Fsp3) is 0.185. The molecule has 0 aliphatic carbocycles. The number of benzene rings is 3. The fourth-order valence-corrected chi connectivity index (χ4v) is 5.74. The molecule has 2 nitrogen and oxygen atoms in total. The van der Waals surface area contributed by atoms with Gasteiger partial charge in [-0.25, -0.2) is 0 Å². The van der Waals surface area contributed by atoms with E-state index in [4.69, 9.17) is 0 Å². The molecule has 0 unspecified atom stereocenters. The highest BCUT2D eigenvalue weighted by molar-refractivity contribution is 7.13. The van der Waals surface area contributed by atoms with Crippen LogP contribution in [0, 0.1) is 0 Å². The Labute approximate surface area is 180 Å². The molecule has 3 heteroatoms. The molecular weight excluding hydrogens is 384 g/mol. The third-order valence-electron chi connectivity index (χ3n) is 6.30. The molecule has 1 saturated heterocycles. The Kier molecular flexibility index (Phi) is 4.35. The molecule has 1 fully saturated rings. The molecule has 148 valence electrons. The zero-order valence-corrected chi connectivity index (χ0v) is 17.7. The van der Waals surface area contributed by atoms with Crippen LogP contribution in [0.5, 0.6) is 0 Å². The van der Waals surface area contributed by atoms with Crippen LogP contribution in [-0.2, 0) is 6.42 Å². The average molecular weight is 409 g/mol. The summed E-state index contributed by atoms with van der Waals surface area (Å²) >= 11 is 1.84. The van der Waals surface area contributed by atoms with Gasteiger partial charge in [-0.05, 0) is 54.0 Å². The lowest BCUT2D eigenvalue weighted by Crippen LogP contribution is -2.18. The number of thiophene rings is 1. The molecule has 0 amide bonds. The lowest BCUT2D eigenvalue weighted by molar-refractivity contribution is 0.949. The molecule has 0 bridgehead atoms. The summed E-state index contributed by atoms with van der Waals surface area (Å²) in [6.07, 6.45) is 3.51. The third kappa shape index (κ3) is 2.93. The molecular formula is C27H24N2S. The predicted octanol–water partition coefficient (Wildman–Crippen LogP) is 7.24. The van der Waals surface area contributed by atoms with E-state index < -0.39 is 0 Å². The van der Waals surface area contributed by atoms with E-state index in [1.807, 2.05) is 11.3 Å². The molecule has 1 aliphatic rings. The minimum atomic E-state index is 0.949. The van der Waals surface area contributed by atoms with Crippen molar-refractivity contribution in [3.63, 3.8) is 0 Å². The second kappa shape index (κ2) is 7.33. The first-order chi connectivity index (χ1) is 14.9. The minimum Gasteiger partial charge on any atom is -0.370 e. The normalized spacial score (nSPS) is 14.2. The highest BCUT2D eigenvalue weighted by atomic mass is 32.1. The monoisotopic (exact) mass is 408 g/mol. The molecule has 1 N–H and O–H groups in total. The number of hydrogen-bond acceptors (Lipinski definition) is 2. The predicted molar refractivity (Wildman–Crippen MR) is 130 cm³/mol. The summed E-state index contributed by atoms with van der Waals surface area (Å²) < 4.78 is 0. The summed E-state index contributed by atoms with van der Waals surface area (Å²) in [5.41, 5.74) is 8.06. The molecule has 0 atom stereocenters. The van der Waals surface area contributed by atoms with E-state index in [9.17, 15) is 0 Å². The van der Waals surface area contributed by atoms with E-state index in [0.717, 1.165) is 19.5 Å². The molecule has 3 aromatic carbocycles. The standard InChI is InChI=1S/C27H24N2S/c1-2-9-19(10-3-1)17-20-18-23(29-14-6-7-15-29)27-26(25(20)24-13-8-16-30-24)21-11-4-5-12-22(21)28-27/h1-5,8-13,16,18,28H,6-7,14-15,17H2. The number of aromatic amines is 1. The summed E-state index contributed by atoms with van der Waals surface area (Å²) in [6, 6.07) is 26.5. The van der Waals surface area contributed by atoms with Crippen molar-refractivity contribution in [2.24, 2.45) is 0 Å². The lowest BCUT2D eigenvalue weighted by Gasteiger charge is -2.22. The van der Waals surface area contributed by atoms with Gasteiger partial charge in [-0.3, -0.25) is 0 Å². The van der Waals surface area contributed by atoms with Gasteiger partial charge < -0.3 is 9.88 Å². The van der Waals surface area contributed by atoms with Gasteiger partial charge in [0.2, 0.25) is 0 Å². The number of nitrogens with one attached hydrogen (secondary N) is 1. The van der Waals surface area contributed by atoms with Crippen LogP contribution in [0.25, 0.3) is 32.2 Å². The number of anilines is 1. The SMILES string of the molecule is c1ccc(Cc2cc(N3CCCC3)c3[nH]c4ccccc4c3c2-c2cccs2)cc1. The summed E-state index contributed by atoms with van der Waals surface area (Å²) in [6.45, 7) is 2.29. The second-order valence-corrected chi connectivity index (χ2v) is 9.13. The van der Waals surface area contributed by atoms with Crippen LogP contribution in [0.2, 0.25) is 0 Å². The van der Waals surface area contributed by atoms with Crippen LogP contribution in [0.15, 0.2) is 78.2 Å². The number of fused-ring (bicyclic) bond motifs is 3. The van der Waals surface area contributed by atoms with Crippen molar-refractivity contribution < 1.29 is 0 Å². The van der Waals surface area contributed by atoms with E-state index >= 15 is 0 Å². The van der Waals surface area contributed by atoms with E-state index in [0.29, 0.717) is 0 Å². The van der Waals surface area contributed by atoms with Crippen LogP contribution >= 0.6 is 11.3 Å². The Morgan fingerprint density at radius 1 is 0.867 bits per heavy atom. The largest absolute Gasteiger partial charge is 0.370 e. The number of hydrogen-bond donors (Lipinski definition) is 1. The average Bonchev–Trinajstić information content (AvgIpc) is 3.55. The van der Waals surface area contributed by atoms with Crippen molar-refractivity contribution in [2.75, 3.05) is 18.0 Å². The summed E-state index contributed by atoms with van der Waals surface area (Å²) in [7, 11) is 0. The van der Waals surface area contributed by atoms with Crippen molar-refractivity contribution in [3.05, 3.63) is 89.3 Å². The summed E-state index contributed by atoms with van der Waals surface area (Å²) in [5.74, 6) is 0. The fourth-order valence-electron chi connectivity index (χ4n) is 4.93. The minimum absolute atomic E-state index is 0.949. The van der Waals surface area contributed by atoms with Gasteiger partial charge in [0.25, 0.3) is 0 Å². The van der Waals surface area contributed by atoms with Crippen LogP contribution in [-0.4, -0.2) is 18.1 Å². The van der Waals surface area contributed by atoms with Crippen LogP contribution in [0.1, 0.15) is 24.0 Å². The summed E-state index contributed by atoms with van der Waals surface area (Å²) in [4.78, 5) is 7.70. The number of para-hydroxylation sites is 1. The molecule has 30 heavy (non-hydrogen) atoms. The maximum absolute atomic E-state index is 3.78. The highest BCUT2D eigenvalue weighted by Crippen LogP contribution is 2.44. The lowest BCUT2D eigenvalue weighted by atomic mass is 9.93. The Balaban J connectivity index is 1.70.